The molecule has 0 spiro atoms. The first-order chi connectivity index (χ1) is 6.29. The Kier molecular flexibility index (Phi) is 2.02. The molecule has 1 heterocycles. The summed E-state index contributed by atoms with van der Waals surface area (Å²) in [6.45, 7) is 0. The molecule has 0 radical (unpaired) electrons. The van der Waals surface area contributed by atoms with Crippen molar-refractivity contribution in [3.05, 3.63) is 36.0 Å². The van der Waals surface area contributed by atoms with Crippen LogP contribution in [-0.2, 0) is 0 Å². The SMILES string of the molecule is Fc1cccc(-c2cnsn2)c1F. The predicted molar refractivity (Wildman–Crippen MR) is 45.3 cm³/mol. The molecular formula is C8H4F2N2S. The van der Waals surface area contributed by atoms with Gasteiger partial charge in [0.25, 0.3) is 0 Å². The quantitative estimate of drug-likeness (QED) is 0.703. The second kappa shape index (κ2) is 3.18. The lowest BCUT2D eigenvalue weighted by molar-refractivity contribution is 0.511. The fourth-order valence-electron chi connectivity index (χ4n) is 0.985. The number of hydrogen-bond acceptors (Lipinski definition) is 3. The number of hydrogen-bond donors (Lipinski definition) is 0. The summed E-state index contributed by atoms with van der Waals surface area (Å²) in [5.74, 6) is -1.75. The molecule has 0 N–H and O–H groups in total. The molecule has 0 bridgehead atoms. The van der Waals surface area contributed by atoms with Crippen molar-refractivity contribution < 1.29 is 8.78 Å². The van der Waals surface area contributed by atoms with Crippen LogP contribution in [0.3, 0.4) is 0 Å². The largest absolute Gasteiger partial charge is 0.204 e. The zero-order valence-electron chi connectivity index (χ0n) is 6.37. The molecule has 0 aliphatic heterocycles. The molecule has 2 aromatic rings. The normalized spacial score (nSPS) is 10.3. The van der Waals surface area contributed by atoms with E-state index in [-0.39, 0.29) is 5.56 Å². The summed E-state index contributed by atoms with van der Waals surface area (Å²) in [6, 6.07) is 3.97. The lowest BCUT2D eigenvalue weighted by Gasteiger charge is -1.98. The molecule has 2 nitrogen and oxygen atoms in total. The summed E-state index contributed by atoms with van der Waals surface area (Å²) in [4.78, 5) is 0. The summed E-state index contributed by atoms with van der Waals surface area (Å²) < 4.78 is 33.4. The van der Waals surface area contributed by atoms with Crippen molar-refractivity contribution in [3.63, 3.8) is 0 Å². The third-order valence-electron chi connectivity index (χ3n) is 1.59. The van der Waals surface area contributed by atoms with Gasteiger partial charge < -0.3 is 0 Å². The molecule has 0 saturated heterocycles. The van der Waals surface area contributed by atoms with Crippen molar-refractivity contribution in [1.82, 2.24) is 8.75 Å². The Balaban J connectivity index is 2.59. The first-order valence-corrected chi connectivity index (χ1v) is 4.24. The summed E-state index contributed by atoms with van der Waals surface area (Å²) in [5, 5.41) is 0. The minimum Gasteiger partial charge on any atom is -0.204 e. The second-order valence-corrected chi connectivity index (χ2v) is 2.95. The third kappa shape index (κ3) is 1.42. The van der Waals surface area contributed by atoms with Gasteiger partial charge in [0.15, 0.2) is 11.6 Å². The van der Waals surface area contributed by atoms with Gasteiger partial charge in [0, 0.05) is 5.56 Å². The zero-order chi connectivity index (χ0) is 9.26. The Morgan fingerprint density at radius 1 is 1.23 bits per heavy atom. The monoisotopic (exact) mass is 198 g/mol. The summed E-state index contributed by atoms with van der Waals surface area (Å²) in [7, 11) is 0. The minimum absolute atomic E-state index is 0.147. The van der Waals surface area contributed by atoms with Gasteiger partial charge in [-0.15, -0.1) is 0 Å². The molecule has 0 amide bonds. The van der Waals surface area contributed by atoms with Crippen molar-refractivity contribution in [1.29, 1.82) is 0 Å². The van der Waals surface area contributed by atoms with E-state index in [9.17, 15) is 8.78 Å². The predicted octanol–water partition coefficient (Wildman–Crippen LogP) is 2.48. The first kappa shape index (κ1) is 8.25. The van der Waals surface area contributed by atoms with Crippen LogP contribution in [0.5, 0.6) is 0 Å². The highest BCUT2D eigenvalue weighted by atomic mass is 32.1. The fourth-order valence-corrected chi connectivity index (χ4v) is 1.41. The lowest BCUT2D eigenvalue weighted by atomic mass is 10.1. The van der Waals surface area contributed by atoms with Crippen LogP contribution in [0.25, 0.3) is 11.3 Å². The van der Waals surface area contributed by atoms with Crippen molar-refractivity contribution in [2.24, 2.45) is 0 Å². The lowest BCUT2D eigenvalue weighted by Crippen LogP contribution is -1.88. The fraction of sp³-hybridized carbons (Fsp3) is 0. The third-order valence-corrected chi connectivity index (χ3v) is 2.07. The van der Waals surface area contributed by atoms with E-state index in [1.165, 1.54) is 18.3 Å². The molecule has 1 aromatic carbocycles. The van der Waals surface area contributed by atoms with Crippen LogP contribution < -0.4 is 0 Å². The maximum atomic E-state index is 13.1. The van der Waals surface area contributed by atoms with Crippen molar-refractivity contribution >= 4 is 11.7 Å². The maximum Gasteiger partial charge on any atom is 0.168 e. The Morgan fingerprint density at radius 2 is 2.08 bits per heavy atom. The first-order valence-electron chi connectivity index (χ1n) is 3.51. The number of halogens is 2. The molecule has 0 fully saturated rings. The van der Waals surface area contributed by atoms with Gasteiger partial charge in [-0.05, 0) is 12.1 Å². The highest BCUT2D eigenvalue weighted by Crippen LogP contribution is 2.22. The standard InChI is InChI=1S/C8H4F2N2S/c9-6-3-1-2-5(8(6)10)7-4-11-13-12-7/h1-4H. The van der Waals surface area contributed by atoms with Gasteiger partial charge in [-0.2, -0.15) is 8.75 Å². The number of nitrogens with zero attached hydrogens (tertiary/aromatic N) is 2. The molecule has 13 heavy (non-hydrogen) atoms. The van der Waals surface area contributed by atoms with Gasteiger partial charge in [-0.1, -0.05) is 6.07 Å². The average Bonchev–Trinajstić information content (AvgIpc) is 2.62. The van der Waals surface area contributed by atoms with Gasteiger partial charge in [0.2, 0.25) is 0 Å². The van der Waals surface area contributed by atoms with Crippen LogP contribution in [0, 0.1) is 11.6 Å². The van der Waals surface area contributed by atoms with Gasteiger partial charge in [0.1, 0.15) is 5.69 Å². The van der Waals surface area contributed by atoms with Crippen molar-refractivity contribution in [2.45, 2.75) is 0 Å². The highest BCUT2D eigenvalue weighted by Gasteiger charge is 2.10. The van der Waals surface area contributed by atoms with Crippen LogP contribution in [-0.4, -0.2) is 8.75 Å². The Hall–Kier alpha value is -1.36. The van der Waals surface area contributed by atoms with E-state index in [0.717, 1.165) is 17.8 Å². The van der Waals surface area contributed by atoms with E-state index in [1.807, 2.05) is 0 Å². The smallest absolute Gasteiger partial charge is 0.168 e. The van der Waals surface area contributed by atoms with Crippen LogP contribution in [0.1, 0.15) is 0 Å². The minimum atomic E-state index is -0.879. The molecule has 0 saturated carbocycles. The molecule has 2 rings (SSSR count). The molecule has 0 unspecified atom stereocenters. The molecule has 1 aromatic heterocycles. The number of benzene rings is 1. The topological polar surface area (TPSA) is 25.8 Å². The van der Waals surface area contributed by atoms with Crippen LogP contribution >= 0.6 is 11.7 Å². The zero-order valence-corrected chi connectivity index (χ0v) is 7.18. The number of rotatable bonds is 1. The average molecular weight is 198 g/mol. The van der Waals surface area contributed by atoms with Crippen LogP contribution in [0.2, 0.25) is 0 Å². The van der Waals surface area contributed by atoms with Gasteiger partial charge in [-0.3, -0.25) is 0 Å². The highest BCUT2D eigenvalue weighted by molar-refractivity contribution is 6.99. The van der Waals surface area contributed by atoms with E-state index >= 15 is 0 Å². The molecule has 5 heteroatoms. The van der Waals surface area contributed by atoms with E-state index in [0.29, 0.717) is 5.69 Å². The summed E-state index contributed by atoms with van der Waals surface area (Å²) in [5.41, 5.74) is 0.510. The Bertz CT molecular complexity index is 414. The molecule has 0 atom stereocenters. The van der Waals surface area contributed by atoms with Crippen LogP contribution in [0.15, 0.2) is 24.4 Å². The maximum absolute atomic E-state index is 13.1. The molecule has 0 aliphatic carbocycles. The van der Waals surface area contributed by atoms with E-state index in [4.69, 9.17) is 0 Å². The van der Waals surface area contributed by atoms with Gasteiger partial charge >= 0.3 is 0 Å². The molecular weight excluding hydrogens is 194 g/mol. The Labute approximate surface area is 77.2 Å². The van der Waals surface area contributed by atoms with Crippen molar-refractivity contribution in [2.75, 3.05) is 0 Å². The van der Waals surface area contributed by atoms with Gasteiger partial charge in [-0.25, -0.2) is 8.78 Å². The molecule has 0 aliphatic rings. The second-order valence-electron chi connectivity index (χ2n) is 2.39. The van der Waals surface area contributed by atoms with Crippen molar-refractivity contribution in [3.8, 4) is 11.3 Å². The van der Waals surface area contributed by atoms with Gasteiger partial charge in [0.05, 0.1) is 17.9 Å². The summed E-state index contributed by atoms with van der Waals surface area (Å²) >= 11 is 0.960. The van der Waals surface area contributed by atoms with Crippen LogP contribution in [0.4, 0.5) is 8.78 Å². The number of aromatic nitrogens is 2. The van der Waals surface area contributed by atoms with E-state index in [2.05, 4.69) is 8.75 Å². The van der Waals surface area contributed by atoms with E-state index in [1.54, 1.807) is 0 Å². The Morgan fingerprint density at radius 3 is 2.77 bits per heavy atom. The van der Waals surface area contributed by atoms with E-state index < -0.39 is 11.6 Å². The molecule has 66 valence electrons. The summed E-state index contributed by atoms with van der Waals surface area (Å²) in [6.07, 6.45) is 1.41.